The van der Waals surface area contributed by atoms with Crippen molar-refractivity contribution in [3.8, 4) is 0 Å². The Morgan fingerprint density at radius 2 is 2.07 bits per heavy atom. The van der Waals surface area contributed by atoms with Crippen LogP contribution in [0, 0.1) is 5.82 Å². The van der Waals surface area contributed by atoms with E-state index in [0.717, 1.165) is 6.07 Å². The molecule has 0 aromatic heterocycles. The van der Waals surface area contributed by atoms with Gasteiger partial charge in [-0.25, -0.2) is 13.2 Å². The topological polar surface area (TPSA) is 0 Å². The molecular weight excluding hydrogens is 189 g/mol. The van der Waals surface area contributed by atoms with E-state index in [1.54, 1.807) is 0 Å². The SMILES string of the molecule is CC1CCC(F)(F)c2cc(F)ccc21. The molecule has 0 saturated heterocycles. The molecule has 1 aliphatic carbocycles. The number of alkyl halides is 2. The summed E-state index contributed by atoms with van der Waals surface area (Å²) in [6, 6.07) is 3.68. The van der Waals surface area contributed by atoms with Crippen LogP contribution in [-0.4, -0.2) is 0 Å². The van der Waals surface area contributed by atoms with Crippen molar-refractivity contribution >= 4 is 0 Å². The predicted octanol–water partition coefficient (Wildman–Crippen LogP) is 3.81. The molecule has 0 saturated carbocycles. The summed E-state index contributed by atoms with van der Waals surface area (Å²) in [5, 5.41) is 0. The molecule has 1 aromatic rings. The summed E-state index contributed by atoms with van der Waals surface area (Å²) in [6.45, 7) is 1.89. The minimum Gasteiger partial charge on any atom is -0.207 e. The number of hydrogen-bond donors (Lipinski definition) is 0. The molecule has 0 radical (unpaired) electrons. The summed E-state index contributed by atoms with van der Waals surface area (Å²) in [5.74, 6) is -3.34. The van der Waals surface area contributed by atoms with Gasteiger partial charge >= 0.3 is 0 Å². The van der Waals surface area contributed by atoms with Crippen molar-refractivity contribution in [2.45, 2.75) is 31.6 Å². The summed E-state index contributed by atoms with van der Waals surface area (Å²) in [7, 11) is 0. The molecule has 14 heavy (non-hydrogen) atoms. The van der Waals surface area contributed by atoms with Crippen molar-refractivity contribution in [1.29, 1.82) is 0 Å². The molecule has 0 amide bonds. The standard InChI is InChI=1S/C11H11F3/c1-7-4-5-11(13,14)10-6-8(12)2-3-9(7)10/h2-3,6-7H,4-5H2,1H3. The van der Waals surface area contributed by atoms with Crippen LogP contribution in [0.25, 0.3) is 0 Å². The third kappa shape index (κ3) is 1.41. The fourth-order valence-corrected chi connectivity index (χ4v) is 1.96. The third-order valence-corrected chi connectivity index (χ3v) is 2.83. The number of fused-ring (bicyclic) bond motifs is 1. The number of halogens is 3. The molecule has 0 N–H and O–H groups in total. The molecule has 0 aliphatic heterocycles. The molecule has 2 rings (SSSR count). The van der Waals surface area contributed by atoms with Gasteiger partial charge in [-0.1, -0.05) is 13.0 Å². The van der Waals surface area contributed by atoms with Crippen LogP contribution >= 0.6 is 0 Å². The Hall–Kier alpha value is -0.990. The average Bonchev–Trinajstić information content (AvgIpc) is 2.12. The molecule has 3 heteroatoms. The second-order valence-electron chi connectivity index (χ2n) is 3.88. The fourth-order valence-electron chi connectivity index (χ4n) is 1.96. The van der Waals surface area contributed by atoms with Crippen molar-refractivity contribution in [2.24, 2.45) is 0 Å². The molecule has 1 atom stereocenters. The van der Waals surface area contributed by atoms with Crippen molar-refractivity contribution in [1.82, 2.24) is 0 Å². The monoisotopic (exact) mass is 200 g/mol. The van der Waals surface area contributed by atoms with Crippen molar-refractivity contribution in [3.63, 3.8) is 0 Å². The molecule has 76 valence electrons. The van der Waals surface area contributed by atoms with Crippen LogP contribution in [0.5, 0.6) is 0 Å². The van der Waals surface area contributed by atoms with Crippen LogP contribution < -0.4 is 0 Å². The molecular formula is C11H11F3. The Bertz CT molecular complexity index is 358. The quantitative estimate of drug-likeness (QED) is 0.597. The molecule has 1 aromatic carbocycles. The van der Waals surface area contributed by atoms with Gasteiger partial charge in [0.1, 0.15) is 5.82 Å². The van der Waals surface area contributed by atoms with Gasteiger partial charge in [0.2, 0.25) is 0 Å². The Kier molecular flexibility index (Phi) is 2.05. The summed E-state index contributed by atoms with van der Waals surface area (Å²) >= 11 is 0. The number of hydrogen-bond acceptors (Lipinski definition) is 0. The molecule has 0 bridgehead atoms. The zero-order valence-corrected chi connectivity index (χ0v) is 7.86. The van der Waals surface area contributed by atoms with Crippen molar-refractivity contribution in [3.05, 3.63) is 35.1 Å². The molecule has 0 heterocycles. The van der Waals surface area contributed by atoms with Gasteiger partial charge in [-0.15, -0.1) is 0 Å². The van der Waals surface area contributed by atoms with Crippen LogP contribution in [0.1, 0.15) is 36.8 Å². The first-order valence-corrected chi connectivity index (χ1v) is 4.68. The first-order valence-electron chi connectivity index (χ1n) is 4.68. The maximum atomic E-state index is 13.4. The van der Waals surface area contributed by atoms with Crippen molar-refractivity contribution < 1.29 is 13.2 Å². The second kappa shape index (κ2) is 3.01. The maximum Gasteiger partial charge on any atom is 0.273 e. The van der Waals surface area contributed by atoms with Gasteiger partial charge < -0.3 is 0 Å². The lowest BCUT2D eigenvalue weighted by Gasteiger charge is -2.29. The van der Waals surface area contributed by atoms with Crippen LogP contribution in [0.3, 0.4) is 0 Å². The van der Waals surface area contributed by atoms with Gasteiger partial charge in [0.05, 0.1) is 0 Å². The van der Waals surface area contributed by atoms with Gasteiger partial charge in [0, 0.05) is 12.0 Å². The summed E-state index contributed by atoms with van der Waals surface area (Å²) < 4.78 is 39.6. The van der Waals surface area contributed by atoms with Crippen LogP contribution in [0.15, 0.2) is 18.2 Å². The van der Waals surface area contributed by atoms with Crippen LogP contribution in [-0.2, 0) is 5.92 Å². The van der Waals surface area contributed by atoms with Crippen LogP contribution in [0.2, 0.25) is 0 Å². The Morgan fingerprint density at radius 3 is 2.79 bits per heavy atom. The van der Waals surface area contributed by atoms with Gasteiger partial charge in [-0.3, -0.25) is 0 Å². The first kappa shape index (κ1) is 9.56. The van der Waals surface area contributed by atoms with E-state index in [1.807, 2.05) is 6.92 Å². The highest BCUT2D eigenvalue weighted by atomic mass is 19.3. The lowest BCUT2D eigenvalue weighted by atomic mass is 9.82. The van der Waals surface area contributed by atoms with Gasteiger partial charge in [0.25, 0.3) is 5.92 Å². The highest BCUT2D eigenvalue weighted by Crippen LogP contribution is 2.44. The Labute approximate surface area is 80.7 Å². The summed E-state index contributed by atoms with van der Waals surface area (Å²) in [4.78, 5) is 0. The van der Waals surface area contributed by atoms with Gasteiger partial charge in [0.15, 0.2) is 0 Å². The van der Waals surface area contributed by atoms with Gasteiger partial charge in [-0.05, 0) is 30.0 Å². The average molecular weight is 200 g/mol. The van der Waals surface area contributed by atoms with E-state index in [4.69, 9.17) is 0 Å². The van der Waals surface area contributed by atoms with E-state index in [0.29, 0.717) is 12.0 Å². The lowest BCUT2D eigenvalue weighted by molar-refractivity contribution is -0.0248. The lowest BCUT2D eigenvalue weighted by Crippen LogP contribution is -2.22. The zero-order valence-electron chi connectivity index (χ0n) is 7.86. The third-order valence-electron chi connectivity index (χ3n) is 2.83. The molecule has 1 unspecified atom stereocenters. The van der Waals surface area contributed by atoms with E-state index in [-0.39, 0.29) is 17.9 Å². The van der Waals surface area contributed by atoms with E-state index >= 15 is 0 Å². The largest absolute Gasteiger partial charge is 0.273 e. The smallest absolute Gasteiger partial charge is 0.207 e. The fraction of sp³-hybridized carbons (Fsp3) is 0.455. The molecule has 0 spiro atoms. The molecule has 0 nitrogen and oxygen atoms in total. The highest BCUT2D eigenvalue weighted by Gasteiger charge is 2.39. The maximum absolute atomic E-state index is 13.4. The highest BCUT2D eigenvalue weighted by molar-refractivity contribution is 5.36. The van der Waals surface area contributed by atoms with Crippen LogP contribution in [0.4, 0.5) is 13.2 Å². The van der Waals surface area contributed by atoms with E-state index in [1.165, 1.54) is 12.1 Å². The first-order chi connectivity index (χ1) is 6.50. The van der Waals surface area contributed by atoms with Crippen molar-refractivity contribution in [2.75, 3.05) is 0 Å². The van der Waals surface area contributed by atoms with E-state index in [2.05, 4.69) is 0 Å². The normalized spacial score (nSPS) is 24.4. The van der Waals surface area contributed by atoms with Gasteiger partial charge in [-0.2, -0.15) is 0 Å². The number of benzene rings is 1. The minimum absolute atomic E-state index is 0.102. The molecule has 0 fully saturated rings. The Morgan fingerprint density at radius 1 is 1.36 bits per heavy atom. The van der Waals surface area contributed by atoms with E-state index in [9.17, 15) is 13.2 Å². The minimum atomic E-state index is -2.86. The summed E-state index contributed by atoms with van der Waals surface area (Å²) in [6.07, 6.45) is 0.288. The Balaban J connectivity index is 2.58. The predicted molar refractivity (Wildman–Crippen MR) is 47.9 cm³/mol. The number of rotatable bonds is 0. The second-order valence-corrected chi connectivity index (χ2v) is 3.88. The molecule has 1 aliphatic rings. The van der Waals surface area contributed by atoms with E-state index < -0.39 is 11.7 Å². The zero-order chi connectivity index (χ0) is 10.3. The summed E-state index contributed by atoms with van der Waals surface area (Å²) in [5.41, 5.74) is 0.457.